The van der Waals surface area contributed by atoms with Gasteiger partial charge in [0.2, 0.25) is 5.82 Å². The molecule has 1 heterocycles. The Balaban J connectivity index is 2.96. The smallest absolute Gasteiger partial charge is 0.228 e. The minimum absolute atomic E-state index is 0.109. The van der Waals surface area contributed by atoms with Crippen molar-refractivity contribution in [2.45, 2.75) is 6.42 Å². The van der Waals surface area contributed by atoms with E-state index in [0.717, 1.165) is 0 Å². The van der Waals surface area contributed by atoms with Crippen molar-refractivity contribution in [2.24, 2.45) is 0 Å². The predicted molar refractivity (Wildman–Crippen MR) is 36.1 cm³/mol. The summed E-state index contributed by atoms with van der Waals surface area (Å²) in [5, 5.41) is 16.7. The quantitative estimate of drug-likeness (QED) is 0.572. The lowest BCUT2D eigenvalue weighted by atomic mass is 10.3. The molecule has 1 aromatic heterocycles. The molecule has 1 aromatic rings. The molecule has 0 aliphatic rings. The number of aromatic nitrogens is 2. The van der Waals surface area contributed by atoms with Gasteiger partial charge in [0.05, 0.1) is 18.2 Å². The normalized spacial score (nSPS) is 8.18. The third-order valence-electron chi connectivity index (χ3n) is 1.07. The number of nitrogens with zero attached hydrogens (tertiary/aromatic N) is 4. The lowest BCUT2D eigenvalue weighted by molar-refractivity contribution is 1.02. The molecule has 0 aliphatic heterocycles. The fraction of sp³-hybridized carbons (Fsp3) is 0.143. The molecule has 0 N–H and O–H groups in total. The van der Waals surface area contributed by atoms with E-state index < -0.39 is 0 Å². The van der Waals surface area contributed by atoms with Gasteiger partial charge in [0, 0.05) is 6.20 Å². The van der Waals surface area contributed by atoms with E-state index >= 15 is 0 Å². The first-order valence-electron chi connectivity index (χ1n) is 2.96. The van der Waals surface area contributed by atoms with Crippen molar-refractivity contribution in [1.29, 1.82) is 10.5 Å². The summed E-state index contributed by atoms with van der Waals surface area (Å²) in [6, 6.07) is 5.34. The van der Waals surface area contributed by atoms with E-state index in [0.29, 0.717) is 5.69 Å². The Kier molecular flexibility index (Phi) is 2.14. The van der Waals surface area contributed by atoms with Crippen molar-refractivity contribution in [2.75, 3.05) is 0 Å². The minimum atomic E-state index is 0.109. The summed E-state index contributed by atoms with van der Waals surface area (Å²) in [5.74, 6) is 0.109. The molecule has 0 unspecified atom stereocenters. The van der Waals surface area contributed by atoms with Crippen LogP contribution in [0.4, 0.5) is 0 Å². The average Bonchev–Trinajstić information content (AvgIpc) is 2.06. The van der Waals surface area contributed by atoms with Crippen LogP contribution in [-0.4, -0.2) is 9.97 Å². The van der Waals surface area contributed by atoms with Crippen LogP contribution in [0.15, 0.2) is 12.3 Å². The van der Waals surface area contributed by atoms with E-state index in [9.17, 15) is 0 Å². The first-order valence-corrected chi connectivity index (χ1v) is 2.96. The summed E-state index contributed by atoms with van der Waals surface area (Å²) in [6.07, 6.45) is 1.69. The molecule has 0 saturated carbocycles. The SMILES string of the molecule is N#CCc1ccnc(C#N)n1. The summed E-state index contributed by atoms with van der Waals surface area (Å²) < 4.78 is 0. The molecule has 0 fully saturated rings. The van der Waals surface area contributed by atoms with Crippen molar-refractivity contribution in [3.63, 3.8) is 0 Å². The zero-order chi connectivity index (χ0) is 8.10. The third kappa shape index (κ3) is 1.74. The Morgan fingerprint density at radius 2 is 2.27 bits per heavy atom. The lowest BCUT2D eigenvalue weighted by Crippen LogP contribution is -1.93. The van der Waals surface area contributed by atoms with Gasteiger partial charge in [-0.05, 0) is 6.07 Å². The van der Waals surface area contributed by atoms with Crippen LogP contribution >= 0.6 is 0 Å². The van der Waals surface area contributed by atoms with E-state index in [-0.39, 0.29) is 12.2 Å². The molecule has 0 atom stereocenters. The van der Waals surface area contributed by atoms with Crippen LogP contribution in [0.1, 0.15) is 11.5 Å². The maximum absolute atomic E-state index is 8.37. The van der Waals surface area contributed by atoms with E-state index in [2.05, 4.69) is 9.97 Å². The summed E-state index contributed by atoms with van der Waals surface area (Å²) in [4.78, 5) is 7.44. The fourth-order valence-electron chi connectivity index (χ4n) is 0.629. The predicted octanol–water partition coefficient (Wildman–Crippen LogP) is 0.414. The Labute approximate surface area is 63.8 Å². The van der Waals surface area contributed by atoms with Gasteiger partial charge >= 0.3 is 0 Å². The van der Waals surface area contributed by atoms with Crippen molar-refractivity contribution in [3.8, 4) is 12.1 Å². The van der Waals surface area contributed by atoms with Crippen LogP contribution in [0, 0.1) is 22.7 Å². The fourth-order valence-corrected chi connectivity index (χ4v) is 0.629. The molecule has 1 rings (SSSR count). The average molecular weight is 144 g/mol. The highest BCUT2D eigenvalue weighted by Gasteiger charge is 1.95. The maximum atomic E-state index is 8.37. The van der Waals surface area contributed by atoms with E-state index in [1.807, 2.05) is 6.07 Å². The van der Waals surface area contributed by atoms with Gasteiger partial charge in [0.15, 0.2) is 0 Å². The highest BCUT2D eigenvalue weighted by molar-refractivity contribution is 5.14. The molecule has 52 valence electrons. The van der Waals surface area contributed by atoms with Crippen molar-refractivity contribution < 1.29 is 0 Å². The van der Waals surface area contributed by atoms with Crippen LogP contribution in [-0.2, 0) is 6.42 Å². The second-order valence-electron chi connectivity index (χ2n) is 1.82. The van der Waals surface area contributed by atoms with E-state index in [1.54, 1.807) is 12.1 Å². The molecule has 4 heteroatoms. The zero-order valence-corrected chi connectivity index (χ0v) is 5.65. The molecule has 0 spiro atoms. The minimum Gasteiger partial charge on any atom is -0.228 e. The van der Waals surface area contributed by atoms with Gasteiger partial charge in [-0.3, -0.25) is 0 Å². The first-order chi connectivity index (χ1) is 5.36. The number of hydrogen-bond acceptors (Lipinski definition) is 4. The molecule has 0 radical (unpaired) electrons. The Morgan fingerprint density at radius 1 is 1.45 bits per heavy atom. The van der Waals surface area contributed by atoms with Crippen LogP contribution in [0.25, 0.3) is 0 Å². The van der Waals surface area contributed by atoms with Gasteiger partial charge in [-0.1, -0.05) is 0 Å². The number of rotatable bonds is 1. The standard InChI is InChI=1S/C7H4N4/c8-3-1-6-2-4-10-7(5-9)11-6/h2,4H,1H2. The van der Waals surface area contributed by atoms with Gasteiger partial charge < -0.3 is 0 Å². The second kappa shape index (κ2) is 3.28. The van der Waals surface area contributed by atoms with Gasteiger partial charge in [-0.25, -0.2) is 9.97 Å². The Bertz CT molecular complexity index is 331. The molecule has 4 nitrogen and oxygen atoms in total. The van der Waals surface area contributed by atoms with Crippen LogP contribution in [0.3, 0.4) is 0 Å². The zero-order valence-electron chi connectivity index (χ0n) is 5.65. The van der Waals surface area contributed by atoms with Crippen molar-refractivity contribution in [3.05, 3.63) is 23.8 Å². The highest BCUT2D eigenvalue weighted by atomic mass is 14.9. The Morgan fingerprint density at radius 3 is 2.91 bits per heavy atom. The molecular weight excluding hydrogens is 140 g/mol. The van der Waals surface area contributed by atoms with E-state index in [1.165, 1.54) is 6.20 Å². The largest absolute Gasteiger partial charge is 0.232 e. The topological polar surface area (TPSA) is 73.4 Å². The lowest BCUT2D eigenvalue weighted by Gasteiger charge is -1.90. The van der Waals surface area contributed by atoms with E-state index in [4.69, 9.17) is 10.5 Å². The van der Waals surface area contributed by atoms with Gasteiger partial charge in [-0.15, -0.1) is 0 Å². The summed E-state index contributed by atoms with van der Waals surface area (Å²) in [7, 11) is 0. The maximum Gasteiger partial charge on any atom is 0.232 e. The third-order valence-corrected chi connectivity index (χ3v) is 1.07. The van der Waals surface area contributed by atoms with Crippen molar-refractivity contribution in [1.82, 2.24) is 9.97 Å². The van der Waals surface area contributed by atoms with Gasteiger partial charge in [-0.2, -0.15) is 10.5 Å². The van der Waals surface area contributed by atoms with Crippen LogP contribution in [0.5, 0.6) is 0 Å². The molecule has 0 bridgehead atoms. The molecule has 11 heavy (non-hydrogen) atoms. The summed E-state index contributed by atoms with van der Waals surface area (Å²) in [6.45, 7) is 0. The second-order valence-corrected chi connectivity index (χ2v) is 1.82. The number of hydrogen-bond donors (Lipinski definition) is 0. The molecular formula is C7H4N4. The highest BCUT2D eigenvalue weighted by Crippen LogP contribution is 1.94. The molecule has 0 saturated heterocycles. The van der Waals surface area contributed by atoms with Crippen LogP contribution < -0.4 is 0 Å². The number of nitriles is 2. The Hall–Kier alpha value is -1.94. The van der Waals surface area contributed by atoms with Gasteiger partial charge in [0.1, 0.15) is 6.07 Å². The van der Waals surface area contributed by atoms with Crippen LogP contribution in [0.2, 0.25) is 0 Å². The summed E-state index contributed by atoms with van der Waals surface area (Å²) in [5.41, 5.74) is 0.582. The summed E-state index contributed by atoms with van der Waals surface area (Å²) >= 11 is 0. The van der Waals surface area contributed by atoms with Crippen molar-refractivity contribution >= 4 is 0 Å². The molecule has 0 amide bonds. The van der Waals surface area contributed by atoms with Gasteiger partial charge in [0.25, 0.3) is 0 Å². The molecule has 0 aliphatic carbocycles. The monoisotopic (exact) mass is 144 g/mol. The first kappa shape index (κ1) is 7.17. The molecule has 0 aromatic carbocycles.